The van der Waals surface area contributed by atoms with Gasteiger partial charge in [0.25, 0.3) is 0 Å². The number of fused-ring (bicyclic) bond motifs is 1. The molecule has 0 fully saturated rings. The Hall–Kier alpha value is -2.76. The zero-order chi connectivity index (χ0) is 21.0. The number of aryl methyl sites for hydroxylation is 1. The topological polar surface area (TPSA) is 46.5 Å². The van der Waals surface area contributed by atoms with Crippen molar-refractivity contribution < 1.29 is 27.8 Å². The number of ether oxygens (including phenoxy) is 1. The molecule has 154 valence electrons. The first-order valence-corrected chi connectivity index (χ1v) is 9.67. The van der Waals surface area contributed by atoms with Crippen LogP contribution in [-0.4, -0.2) is 23.4 Å². The lowest BCUT2D eigenvalue weighted by Gasteiger charge is -2.28. The summed E-state index contributed by atoms with van der Waals surface area (Å²) in [5.74, 6) is -1.55. The predicted octanol–water partition coefficient (Wildman–Crippen LogP) is 5.80. The average molecular weight is 404 g/mol. The quantitative estimate of drug-likeness (QED) is 0.593. The van der Waals surface area contributed by atoms with Gasteiger partial charge in [0, 0.05) is 5.56 Å². The van der Waals surface area contributed by atoms with Crippen LogP contribution in [0.4, 0.5) is 13.2 Å². The van der Waals surface area contributed by atoms with E-state index in [9.17, 15) is 23.1 Å². The van der Waals surface area contributed by atoms with Crippen molar-refractivity contribution in [3.8, 4) is 5.75 Å². The van der Waals surface area contributed by atoms with Gasteiger partial charge in [-0.1, -0.05) is 50.1 Å². The third-order valence-electron chi connectivity index (χ3n) is 5.00. The Kier molecular flexibility index (Phi) is 6.30. The van der Waals surface area contributed by atoms with Crippen molar-refractivity contribution >= 4 is 12.0 Å². The molecule has 1 aliphatic rings. The first-order chi connectivity index (χ1) is 13.8. The largest absolute Gasteiger partial charge is 0.478 e. The van der Waals surface area contributed by atoms with Crippen LogP contribution in [0.5, 0.6) is 5.75 Å². The van der Waals surface area contributed by atoms with Gasteiger partial charge in [-0.25, -0.2) is 4.79 Å². The molecule has 1 N–H and O–H groups in total. The molecule has 0 aliphatic carbocycles. The fraction of sp³-hybridized carbons (Fsp3) is 0.348. The van der Waals surface area contributed by atoms with Gasteiger partial charge in [0.1, 0.15) is 5.75 Å². The molecule has 1 atom stereocenters. The third kappa shape index (κ3) is 5.00. The van der Waals surface area contributed by atoms with E-state index >= 15 is 0 Å². The van der Waals surface area contributed by atoms with Gasteiger partial charge < -0.3 is 9.84 Å². The van der Waals surface area contributed by atoms with Gasteiger partial charge in [0.2, 0.25) is 6.10 Å². The minimum atomic E-state index is -4.80. The van der Waals surface area contributed by atoms with E-state index in [1.807, 2.05) is 30.3 Å². The molecule has 2 aromatic rings. The second-order valence-electron chi connectivity index (χ2n) is 7.22. The van der Waals surface area contributed by atoms with E-state index in [1.165, 1.54) is 0 Å². The second kappa shape index (κ2) is 8.72. The highest BCUT2D eigenvalue weighted by atomic mass is 19.4. The van der Waals surface area contributed by atoms with Gasteiger partial charge in [-0.15, -0.1) is 0 Å². The summed E-state index contributed by atoms with van der Waals surface area (Å²) in [6.45, 7) is 2.10. The van der Waals surface area contributed by atoms with Crippen LogP contribution >= 0.6 is 0 Å². The lowest BCUT2D eigenvalue weighted by Crippen LogP contribution is -2.40. The number of hydrogen-bond donors (Lipinski definition) is 1. The predicted molar refractivity (Wildman–Crippen MR) is 105 cm³/mol. The fourth-order valence-corrected chi connectivity index (χ4v) is 3.53. The van der Waals surface area contributed by atoms with E-state index in [0.717, 1.165) is 48.4 Å². The number of benzene rings is 2. The maximum atomic E-state index is 13.3. The van der Waals surface area contributed by atoms with Gasteiger partial charge in [-0.05, 0) is 54.2 Å². The molecule has 3 nitrogen and oxygen atoms in total. The van der Waals surface area contributed by atoms with Gasteiger partial charge in [-0.2, -0.15) is 13.2 Å². The number of halogens is 3. The summed E-state index contributed by atoms with van der Waals surface area (Å²) in [5, 5.41) is 9.24. The summed E-state index contributed by atoms with van der Waals surface area (Å²) >= 11 is 0. The van der Waals surface area contributed by atoms with Gasteiger partial charge in [-0.3, -0.25) is 0 Å². The number of carboxylic acids is 1. The molecule has 0 amide bonds. The van der Waals surface area contributed by atoms with Crippen LogP contribution in [0.2, 0.25) is 0 Å². The molecule has 0 radical (unpaired) electrons. The van der Waals surface area contributed by atoms with Crippen LogP contribution in [0.15, 0.2) is 48.0 Å². The van der Waals surface area contributed by atoms with Crippen molar-refractivity contribution in [1.29, 1.82) is 0 Å². The molecule has 0 aromatic heterocycles. The zero-order valence-electron chi connectivity index (χ0n) is 16.1. The Balaban J connectivity index is 2.03. The Bertz CT molecular complexity index is 902. The highest BCUT2D eigenvalue weighted by Crippen LogP contribution is 2.39. The van der Waals surface area contributed by atoms with Crippen LogP contribution < -0.4 is 4.74 Å². The first kappa shape index (κ1) is 21.0. The Morgan fingerprint density at radius 1 is 1.10 bits per heavy atom. The number of unbranched alkanes of at least 4 members (excludes halogenated alkanes) is 2. The highest BCUT2D eigenvalue weighted by Gasteiger charge is 2.48. The SMILES string of the molecule is CCCCCc1cc2c(cc1Cc1ccccc1)OC(C(F)(F)F)C(C(=O)O)=C2. The molecule has 0 bridgehead atoms. The maximum absolute atomic E-state index is 13.3. The Morgan fingerprint density at radius 2 is 1.83 bits per heavy atom. The van der Waals surface area contributed by atoms with Gasteiger partial charge in [0.05, 0.1) is 5.57 Å². The molecule has 2 aromatic carbocycles. The number of alkyl halides is 3. The lowest BCUT2D eigenvalue weighted by molar-refractivity contribution is -0.187. The Morgan fingerprint density at radius 3 is 2.45 bits per heavy atom. The summed E-state index contributed by atoms with van der Waals surface area (Å²) < 4.78 is 45.2. The van der Waals surface area contributed by atoms with Crippen molar-refractivity contribution in [2.24, 2.45) is 0 Å². The highest BCUT2D eigenvalue weighted by molar-refractivity contribution is 5.95. The van der Waals surface area contributed by atoms with E-state index in [0.29, 0.717) is 12.0 Å². The van der Waals surface area contributed by atoms with E-state index in [4.69, 9.17) is 4.74 Å². The molecular weight excluding hydrogens is 381 g/mol. The van der Waals surface area contributed by atoms with E-state index in [2.05, 4.69) is 6.92 Å². The molecule has 0 saturated heterocycles. The smallest absolute Gasteiger partial charge is 0.430 e. The van der Waals surface area contributed by atoms with Crippen molar-refractivity contribution in [3.63, 3.8) is 0 Å². The van der Waals surface area contributed by atoms with Crippen molar-refractivity contribution in [3.05, 3.63) is 70.3 Å². The average Bonchev–Trinajstić information content (AvgIpc) is 2.67. The van der Waals surface area contributed by atoms with E-state index < -0.39 is 23.8 Å². The first-order valence-electron chi connectivity index (χ1n) is 9.67. The molecule has 1 heterocycles. The number of carbonyl (C=O) groups is 1. The molecular formula is C23H23F3O3. The van der Waals surface area contributed by atoms with E-state index in [-0.39, 0.29) is 5.75 Å². The van der Waals surface area contributed by atoms with Crippen LogP contribution in [0.25, 0.3) is 6.08 Å². The van der Waals surface area contributed by atoms with Crippen LogP contribution in [0, 0.1) is 0 Å². The minimum absolute atomic E-state index is 0.0718. The van der Waals surface area contributed by atoms with Crippen LogP contribution in [-0.2, 0) is 17.6 Å². The standard InChI is InChI=1S/C23H23F3O3/c1-2-3-5-10-16-12-18-13-19(22(27)28)21(23(24,25)26)29-20(18)14-17(16)11-15-8-6-4-7-9-15/h4,6-9,12-14,21H,2-3,5,10-11H2,1H3,(H,27,28). The van der Waals surface area contributed by atoms with Crippen LogP contribution in [0.3, 0.4) is 0 Å². The monoisotopic (exact) mass is 404 g/mol. The van der Waals surface area contributed by atoms with Gasteiger partial charge >= 0.3 is 12.1 Å². The van der Waals surface area contributed by atoms with Crippen molar-refractivity contribution in [2.75, 3.05) is 0 Å². The molecule has 1 aliphatic heterocycles. The summed E-state index contributed by atoms with van der Waals surface area (Å²) in [7, 11) is 0. The second-order valence-corrected chi connectivity index (χ2v) is 7.22. The normalized spacial score (nSPS) is 16.0. The summed E-state index contributed by atoms with van der Waals surface area (Å²) in [6, 6.07) is 13.1. The third-order valence-corrected chi connectivity index (χ3v) is 5.00. The molecule has 0 spiro atoms. The fourth-order valence-electron chi connectivity index (χ4n) is 3.53. The molecule has 1 unspecified atom stereocenters. The van der Waals surface area contributed by atoms with E-state index in [1.54, 1.807) is 12.1 Å². The summed E-state index contributed by atoms with van der Waals surface area (Å²) in [5.41, 5.74) is 2.55. The number of aliphatic carboxylic acids is 1. The van der Waals surface area contributed by atoms with Gasteiger partial charge in [0.15, 0.2) is 0 Å². The van der Waals surface area contributed by atoms with Crippen molar-refractivity contribution in [2.45, 2.75) is 51.3 Å². The maximum Gasteiger partial charge on any atom is 0.430 e. The zero-order valence-corrected chi connectivity index (χ0v) is 16.1. The number of rotatable bonds is 7. The molecule has 3 rings (SSSR count). The Labute approximate surface area is 167 Å². The summed E-state index contributed by atoms with van der Waals surface area (Å²) in [4.78, 5) is 11.4. The van der Waals surface area contributed by atoms with Crippen LogP contribution in [0.1, 0.15) is 48.4 Å². The number of hydrogen-bond acceptors (Lipinski definition) is 2. The molecule has 0 saturated carbocycles. The lowest BCUT2D eigenvalue weighted by atomic mass is 9.91. The summed E-state index contributed by atoms with van der Waals surface area (Å²) in [6.07, 6.45) is -1.77. The van der Waals surface area contributed by atoms with Crippen molar-refractivity contribution in [1.82, 2.24) is 0 Å². The molecule has 6 heteroatoms. The number of carboxylic acid groups (broad SMARTS) is 1. The molecule has 29 heavy (non-hydrogen) atoms. The minimum Gasteiger partial charge on any atom is -0.478 e.